The second kappa shape index (κ2) is 3.96. The van der Waals surface area contributed by atoms with Crippen molar-refractivity contribution in [2.24, 2.45) is 0 Å². The van der Waals surface area contributed by atoms with Gasteiger partial charge in [0.1, 0.15) is 5.58 Å². The smallest absolute Gasteiger partial charge is 0.231 e. The average Bonchev–Trinajstić information content (AvgIpc) is 2.97. The maximum Gasteiger partial charge on any atom is 0.231 e. The summed E-state index contributed by atoms with van der Waals surface area (Å²) >= 11 is 1.55. The SMILES string of the molecule is O=C([C]1NCCS1)c1cc2ccccc2o1. The van der Waals surface area contributed by atoms with Gasteiger partial charge in [0.25, 0.3) is 0 Å². The number of Topliss-reactive ketones (excluding diaryl/α,β-unsaturated/α-hetero) is 1. The van der Waals surface area contributed by atoms with Gasteiger partial charge in [-0.05, 0) is 12.1 Å². The average molecular weight is 232 g/mol. The van der Waals surface area contributed by atoms with Gasteiger partial charge in [-0.1, -0.05) is 18.2 Å². The third-order valence-corrected chi connectivity index (χ3v) is 3.52. The minimum atomic E-state index is -0.0429. The zero-order chi connectivity index (χ0) is 11.0. The van der Waals surface area contributed by atoms with Crippen LogP contribution in [-0.4, -0.2) is 18.1 Å². The number of ketones is 1. The van der Waals surface area contributed by atoms with Crippen LogP contribution in [0, 0.1) is 5.37 Å². The fourth-order valence-corrected chi connectivity index (χ4v) is 2.56. The quantitative estimate of drug-likeness (QED) is 0.807. The van der Waals surface area contributed by atoms with Crippen LogP contribution in [0.1, 0.15) is 10.6 Å². The molecule has 0 atom stereocenters. The Kier molecular flexibility index (Phi) is 2.46. The fraction of sp³-hybridized carbons (Fsp3) is 0.167. The maximum atomic E-state index is 12.0. The number of furan rings is 1. The van der Waals surface area contributed by atoms with Gasteiger partial charge in [0, 0.05) is 17.7 Å². The number of hydrogen-bond donors (Lipinski definition) is 1. The number of hydrogen-bond acceptors (Lipinski definition) is 4. The van der Waals surface area contributed by atoms with Crippen LogP contribution < -0.4 is 5.32 Å². The zero-order valence-electron chi connectivity index (χ0n) is 8.53. The number of rotatable bonds is 2. The molecule has 1 N–H and O–H groups in total. The molecule has 3 rings (SSSR count). The van der Waals surface area contributed by atoms with E-state index in [2.05, 4.69) is 5.32 Å². The molecule has 0 amide bonds. The van der Waals surface area contributed by atoms with E-state index in [9.17, 15) is 4.79 Å². The Hall–Kier alpha value is -1.26. The Morgan fingerprint density at radius 2 is 2.25 bits per heavy atom. The third kappa shape index (κ3) is 1.64. The minimum absolute atomic E-state index is 0.0429. The predicted molar refractivity (Wildman–Crippen MR) is 64.2 cm³/mol. The van der Waals surface area contributed by atoms with Crippen molar-refractivity contribution in [2.45, 2.75) is 0 Å². The van der Waals surface area contributed by atoms with Gasteiger partial charge in [-0.15, -0.1) is 11.8 Å². The lowest BCUT2D eigenvalue weighted by atomic mass is 10.2. The Bertz CT molecular complexity index is 496. The van der Waals surface area contributed by atoms with Gasteiger partial charge in [-0.3, -0.25) is 10.1 Å². The molecule has 1 saturated heterocycles. The lowest BCUT2D eigenvalue weighted by Crippen LogP contribution is -2.20. The van der Waals surface area contributed by atoms with Crippen LogP contribution in [0.2, 0.25) is 0 Å². The molecule has 4 heteroatoms. The molecule has 1 radical (unpaired) electrons. The molecular formula is C12H10NO2S. The first kappa shape index (κ1) is 9.93. The van der Waals surface area contributed by atoms with Crippen molar-refractivity contribution in [1.82, 2.24) is 5.32 Å². The molecule has 1 aliphatic rings. The Morgan fingerprint density at radius 3 is 3.00 bits per heavy atom. The molecule has 2 heterocycles. The first-order valence-corrected chi connectivity index (χ1v) is 6.10. The number of fused-ring (bicyclic) bond motifs is 1. The van der Waals surface area contributed by atoms with Crippen molar-refractivity contribution in [1.29, 1.82) is 0 Å². The van der Waals surface area contributed by atoms with Gasteiger partial charge in [-0.25, -0.2) is 0 Å². The molecule has 0 unspecified atom stereocenters. The van der Waals surface area contributed by atoms with Gasteiger partial charge < -0.3 is 4.42 Å². The largest absolute Gasteiger partial charge is 0.453 e. The molecule has 0 spiro atoms. The van der Waals surface area contributed by atoms with Crippen LogP contribution in [0.5, 0.6) is 0 Å². The summed E-state index contributed by atoms with van der Waals surface area (Å²) in [6, 6.07) is 9.43. The van der Waals surface area contributed by atoms with E-state index in [-0.39, 0.29) is 5.78 Å². The summed E-state index contributed by atoms with van der Waals surface area (Å²) in [5, 5.41) is 4.73. The Morgan fingerprint density at radius 1 is 1.38 bits per heavy atom. The minimum Gasteiger partial charge on any atom is -0.453 e. The van der Waals surface area contributed by atoms with Crippen molar-refractivity contribution in [2.75, 3.05) is 12.3 Å². The van der Waals surface area contributed by atoms with Crippen molar-refractivity contribution in [3.8, 4) is 0 Å². The molecule has 0 saturated carbocycles. The van der Waals surface area contributed by atoms with E-state index in [1.165, 1.54) is 0 Å². The molecule has 1 aromatic carbocycles. The summed E-state index contributed by atoms with van der Waals surface area (Å²) in [7, 11) is 0. The summed E-state index contributed by atoms with van der Waals surface area (Å²) in [4.78, 5) is 12.0. The van der Waals surface area contributed by atoms with E-state index < -0.39 is 0 Å². The number of carbonyl (C=O) groups excluding carboxylic acids is 1. The number of carbonyl (C=O) groups is 1. The summed E-state index contributed by atoms with van der Waals surface area (Å²) in [5.74, 6) is 1.32. The molecule has 16 heavy (non-hydrogen) atoms. The summed E-state index contributed by atoms with van der Waals surface area (Å²) < 4.78 is 5.52. The van der Waals surface area contributed by atoms with E-state index in [0.717, 1.165) is 23.3 Å². The number of benzene rings is 1. The number of thioether (sulfide) groups is 1. The Labute approximate surface area is 97.2 Å². The van der Waals surface area contributed by atoms with E-state index >= 15 is 0 Å². The molecule has 1 fully saturated rings. The summed E-state index contributed by atoms with van der Waals surface area (Å²) in [6.07, 6.45) is 0. The van der Waals surface area contributed by atoms with Gasteiger partial charge in [0.05, 0.1) is 0 Å². The fourth-order valence-electron chi connectivity index (χ4n) is 1.72. The molecule has 2 aromatic rings. The second-order valence-corrected chi connectivity index (χ2v) is 4.69. The predicted octanol–water partition coefficient (Wildman–Crippen LogP) is 2.44. The molecule has 0 aliphatic carbocycles. The molecule has 1 aromatic heterocycles. The standard InChI is InChI=1S/C12H10NO2S/c14-11(12-13-5-6-16-12)10-7-8-3-1-2-4-9(8)15-10/h1-4,7,13H,5-6H2. The normalized spacial score (nSPS) is 17.0. The van der Waals surface area contributed by atoms with Crippen molar-refractivity contribution >= 4 is 28.5 Å². The lowest BCUT2D eigenvalue weighted by Gasteiger charge is -2.02. The maximum absolute atomic E-state index is 12.0. The number of para-hydroxylation sites is 1. The van der Waals surface area contributed by atoms with Crippen molar-refractivity contribution in [3.05, 3.63) is 41.5 Å². The van der Waals surface area contributed by atoms with Crippen molar-refractivity contribution < 1.29 is 9.21 Å². The van der Waals surface area contributed by atoms with Gasteiger partial charge in [0.2, 0.25) is 5.78 Å². The third-order valence-electron chi connectivity index (χ3n) is 2.49. The van der Waals surface area contributed by atoms with Crippen LogP contribution in [0.3, 0.4) is 0 Å². The molecule has 0 bridgehead atoms. The van der Waals surface area contributed by atoms with Gasteiger partial charge >= 0.3 is 0 Å². The van der Waals surface area contributed by atoms with Crippen LogP contribution in [0.25, 0.3) is 11.0 Å². The summed E-state index contributed by atoms with van der Waals surface area (Å²) in [5.41, 5.74) is 0.759. The molecule has 1 aliphatic heterocycles. The second-order valence-electron chi connectivity index (χ2n) is 3.58. The highest BCUT2D eigenvalue weighted by Crippen LogP contribution is 2.28. The zero-order valence-corrected chi connectivity index (χ0v) is 9.34. The highest BCUT2D eigenvalue weighted by Gasteiger charge is 2.27. The van der Waals surface area contributed by atoms with Gasteiger partial charge in [0.15, 0.2) is 11.1 Å². The van der Waals surface area contributed by atoms with E-state index in [1.807, 2.05) is 24.3 Å². The monoisotopic (exact) mass is 232 g/mol. The molecule has 3 nitrogen and oxygen atoms in total. The van der Waals surface area contributed by atoms with E-state index in [4.69, 9.17) is 4.42 Å². The van der Waals surface area contributed by atoms with Gasteiger partial charge in [-0.2, -0.15) is 0 Å². The Balaban J connectivity index is 1.96. The highest BCUT2D eigenvalue weighted by atomic mass is 32.2. The summed E-state index contributed by atoms with van der Waals surface area (Å²) in [6.45, 7) is 0.853. The van der Waals surface area contributed by atoms with E-state index in [1.54, 1.807) is 17.8 Å². The first-order chi connectivity index (χ1) is 7.84. The van der Waals surface area contributed by atoms with Crippen LogP contribution >= 0.6 is 11.8 Å². The van der Waals surface area contributed by atoms with Crippen molar-refractivity contribution in [3.63, 3.8) is 0 Å². The number of nitrogens with one attached hydrogen (secondary N) is 1. The first-order valence-electron chi connectivity index (χ1n) is 5.11. The molecule has 81 valence electrons. The topological polar surface area (TPSA) is 42.2 Å². The van der Waals surface area contributed by atoms with Crippen LogP contribution in [0.4, 0.5) is 0 Å². The van der Waals surface area contributed by atoms with Crippen LogP contribution in [-0.2, 0) is 0 Å². The molecular weight excluding hydrogens is 222 g/mol. The van der Waals surface area contributed by atoms with E-state index in [0.29, 0.717) is 11.1 Å². The van der Waals surface area contributed by atoms with Crippen LogP contribution in [0.15, 0.2) is 34.7 Å². The highest BCUT2D eigenvalue weighted by molar-refractivity contribution is 8.03. The lowest BCUT2D eigenvalue weighted by molar-refractivity contribution is 0.0989.